The summed E-state index contributed by atoms with van der Waals surface area (Å²) >= 11 is 0. The van der Waals surface area contributed by atoms with E-state index in [0.717, 1.165) is 18.1 Å². The first-order valence-corrected chi connectivity index (χ1v) is 8.35. The van der Waals surface area contributed by atoms with Gasteiger partial charge < -0.3 is 19.9 Å². The van der Waals surface area contributed by atoms with Crippen LogP contribution in [0.25, 0.3) is 22.2 Å². The van der Waals surface area contributed by atoms with E-state index in [2.05, 4.69) is 25.6 Å². The van der Waals surface area contributed by atoms with Crippen molar-refractivity contribution in [2.75, 3.05) is 39.6 Å². The van der Waals surface area contributed by atoms with Crippen LogP contribution in [0.3, 0.4) is 0 Å². The summed E-state index contributed by atoms with van der Waals surface area (Å²) in [5.74, 6) is 0.267. The van der Waals surface area contributed by atoms with Gasteiger partial charge in [-0.1, -0.05) is 0 Å². The van der Waals surface area contributed by atoms with Crippen LogP contribution < -0.4 is 15.4 Å². The van der Waals surface area contributed by atoms with Crippen molar-refractivity contribution in [3.8, 4) is 17.0 Å². The van der Waals surface area contributed by atoms with Crippen molar-refractivity contribution in [1.29, 1.82) is 0 Å². The summed E-state index contributed by atoms with van der Waals surface area (Å²) in [5, 5.41) is 6.21. The van der Waals surface area contributed by atoms with E-state index in [1.807, 2.05) is 19.0 Å². The predicted molar refractivity (Wildman–Crippen MR) is 101 cm³/mol. The molecule has 3 aromatic heterocycles. The van der Waals surface area contributed by atoms with Crippen molar-refractivity contribution in [3.63, 3.8) is 0 Å². The van der Waals surface area contributed by atoms with Gasteiger partial charge in [-0.25, -0.2) is 19.2 Å². The van der Waals surface area contributed by atoms with Gasteiger partial charge in [-0.05, 0) is 32.3 Å². The number of methoxy groups -OCH3 is 1. The number of carbonyl (C=O) groups excluding carboxylic acids is 1. The van der Waals surface area contributed by atoms with Crippen molar-refractivity contribution >= 4 is 22.9 Å². The van der Waals surface area contributed by atoms with E-state index < -0.39 is 5.82 Å². The van der Waals surface area contributed by atoms with Gasteiger partial charge in [0.25, 0.3) is 0 Å². The molecule has 9 heteroatoms. The molecule has 0 unspecified atom stereocenters. The summed E-state index contributed by atoms with van der Waals surface area (Å²) in [6.07, 6.45) is 2.81. The molecule has 3 N–H and O–H groups in total. The number of nitrogens with one attached hydrogen (secondary N) is 3. The average molecular weight is 372 g/mol. The van der Waals surface area contributed by atoms with Gasteiger partial charge in [0.2, 0.25) is 5.88 Å². The Morgan fingerprint density at radius 3 is 2.89 bits per heavy atom. The number of fused-ring (bicyclic) bond motifs is 1. The summed E-state index contributed by atoms with van der Waals surface area (Å²) < 4.78 is 18.9. The lowest BCUT2D eigenvalue weighted by Gasteiger charge is -2.11. The fraction of sp³-hybridized carbons (Fsp3) is 0.278. The SMILES string of the molecule is COc1ncc(F)cc1-c1c[nH]c2nc(NC(=O)NCCN(C)C)ccc12. The highest BCUT2D eigenvalue weighted by Gasteiger charge is 2.15. The summed E-state index contributed by atoms with van der Waals surface area (Å²) in [6.45, 7) is 1.27. The van der Waals surface area contributed by atoms with Gasteiger partial charge in [-0.3, -0.25) is 5.32 Å². The number of ether oxygens (including phenoxy) is 1. The lowest BCUT2D eigenvalue weighted by atomic mass is 10.1. The first-order chi connectivity index (χ1) is 13.0. The van der Waals surface area contributed by atoms with Crippen LogP contribution in [0.5, 0.6) is 5.88 Å². The zero-order valence-corrected chi connectivity index (χ0v) is 15.3. The fourth-order valence-corrected chi connectivity index (χ4v) is 2.63. The highest BCUT2D eigenvalue weighted by molar-refractivity contribution is 5.96. The number of anilines is 1. The molecular weight excluding hydrogens is 351 g/mol. The molecule has 0 spiro atoms. The lowest BCUT2D eigenvalue weighted by Crippen LogP contribution is -2.34. The molecule has 0 aromatic carbocycles. The second kappa shape index (κ2) is 8.00. The van der Waals surface area contributed by atoms with Crippen molar-refractivity contribution in [2.45, 2.75) is 0 Å². The Morgan fingerprint density at radius 2 is 2.15 bits per heavy atom. The number of nitrogens with zero attached hydrogens (tertiary/aromatic N) is 3. The summed E-state index contributed by atoms with van der Waals surface area (Å²) in [4.78, 5) is 25.3. The van der Waals surface area contributed by atoms with Crippen LogP contribution >= 0.6 is 0 Å². The van der Waals surface area contributed by atoms with Gasteiger partial charge in [0, 0.05) is 35.8 Å². The maximum absolute atomic E-state index is 13.6. The number of likely N-dealkylation sites (N-methyl/N-ethyl adjacent to an activating group) is 1. The molecule has 3 heterocycles. The number of aromatic nitrogens is 3. The molecule has 0 aliphatic rings. The number of carbonyl (C=O) groups is 1. The van der Waals surface area contributed by atoms with Crippen molar-refractivity contribution in [1.82, 2.24) is 25.2 Å². The first-order valence-electron chi connectivity index (χ1n) is 8.35. The van der Waals surface area contributed by atoms with Crippen LogP contribution in [0.15, 0.2) is 30.6 Å². The van der Waals surface area contributed by atoms with Crippen LogP contribution in [0.2, 0.25) is 0 Å². The molecule has 27 heavy (non-hydrogen) atoms. The van der Waals surface area contributed by atoms with Crippen LogP contribution in [0.4, 0.5) is 15.0 Å². The molecular formula is C18H21FN6O2. The fourth-order valence-electron chi connectivity index (χ4n) is 2.63. The molecule has 3 aromatic rings. The maximum atomic E-state index is 13.6. The average Bonchev–Trinajstić information content (AvgIpc) is 3.04. The number of H-pyrrole nitrogens is 1. The smallest absolute Gasteiger partial charge is 0.320 e. The Bertz CT molecular complexity index is 956. The minimum Gasteiger partial charge on any atom is -0.481 e. The van der Waals surface area contributed by atoms with Crippen LogP contribution in [-0.2, 0) is 0 Å². The van der Waals surface area contributed by atoms with E-state index in [0.29, 0.717) is 35.0 Å². The van der Waals surface area contributed by atoms with E-state index in [1.165, 1.54) is 13.2 Å². The summed E-state index contributed by atoms with van der Waals surface area (Å²) in [6, 6.07) is 4.52. The molecule has 0 radical (unpaired) electrons. The van der Waals surface area contributed by atoms with E-state index in [-0.39, 0.29) is 6.03 Å². The molecule has 0 atom stereocenters. The Morgan fingerprint density at radius 1 is 1.33 bits per heavy atom. The standard InChI is InChI=1S/C18H21FN6O2/c1-25(2)7-6-20-18(26)24-15-5-4-12-14(10-21-16(12)23-15)13-8-11(19)9-22-17(13)27-3/h4-5,8-10H,6-7H2,1-3H3,(H3,20,21,23,24,26). The number of hydrogen-bond acceptors (Lipinski definition) is 5. The molecule has 0 bridgehead atoms. The van der Waals surface area contributed by atoms with Crippen LogP contribution in [0.1, 0.15) is 0 Å². The topological polar surface area (TPSA) is 95.2 Å². The van der Waals surface area contributed by atoms with E-state index in [1.54, 1.807) is 18.3 Å². The third kappa shape index (κ3) is 4.32. The third-order valence-electron chi connectivity index (χ3n) is 3.93. The minimum absolute atomic E-state index is 0.319. The Balaban J connectivity index is 1.81. The number of halogens is 1. The second-order valence-corrected chi connectivity index (χ2v) is 6.19. The van der Waals surface area contributed by atoms with Gasteiger partial charge in [0.1, 0.15) is 17.3 Å². The molecule has 0 fully saturated rings. The highest BCUT2D eigenvalue weighted by atomic mass is 19.1. The number of hydrogen-bond donors (Lipinski definition) is 3. The summed E-state index contributed by atoms with van der Waals surface area (Å²) in [5.41, 5.74) is 1.79. The zero-order valence-electron chi connectivity index (χ0n) is 15.3. The minimum atomic E-state index is -0.458. The lowest BCUT2D eigenvalue weighted by molar-refractivity contribution is 0.250. The third-order valence-corrected chi connectivity index (χ3v) is 3.93. The second-order valence-electron chi connectivity index (χ2n) is 6.19. The van der Waals surface area contributed by atoms with Gasteiger partial charge in [-0.2, -0.15) is 0 Å². The largest absolute Gasteiger partial charge is 0.481 e. The quantitative estimate of drug-likeness (QED) is 0.618. The number of urea groups is 1. The molecule has 0 aliphatic heterocycles. The predicted octanol–water partition coefficient (Wildman–Crippen LogP) is 2.46. The van der Waals surface area contributed by atoms with Gasteiger partial charge in [0.15, 0.2) is 0 Å². The number of pyridine rings is 2. The zero-order chi connectivity index (χ0) is 19.4. The number of rotatable bonds is 6. The molecule has 2 amide bonds. The normalized spacial score (nSPS) is 11.0. The molecule has 0 aliphatic carbocycles. The van der Waals surface area contributed by atoms with Crippen molar-refractivity contribution < 1.29 is 13.9 Å². The molecule has 142 valence electrons. The van der Waals surface area contributed by atoms with Crippen LogP contribution in [0, 0.1) is 5.82 Å². The van der Waals surface area contributed by atoms with Crippen molar-refractivity contribution in [2.24, 2.45) is 0 Å². The maximum Gasteiger partial charge on any atom is 0.320 e. The Hall–Kier alpha value is -3.20. The molecule has 0 saturated carbocycles. The van der Waals surface area contributed by atoms with Gasteiger partial charge in [0.05, 0.1) is 13.3 Å². The monoisotopic (exact) mass is 372 g/mol. The Labute approximate surface area is 155 Å². The van der Waals surface area contributed by atoms with Gasteiger partial charge >= 0.3 is 6.03 Å². The number of amides is 2. The van der Waals surface area contributed by atoms with Crippen LogP contribution in [-0.4, -0.2) is 60.2 Å². The van der Waals surface area contributed by atoms with Gasteiger partial charge in [-0.15, -0.1) is 0 Å². The number of aromatic amines is 1. The molecule has 3 rings (SSSR count). The van der Waals surface area contributed by atoms with E-state index in [4.69, 9.17) is 4.74 Å². The van der Waals surface area contributed by atoms with E-state index >= 15 is 0 Å². The Kier molecular flexibility index (Phi) is 5.51. The van der Waals surface area contributed by atoms with E-state index in [9.17, 15) is 9.18 Å². The van der Waals surface area contributed by atoms with Crippen molar-refractivity contribution in [3.05, 3.63) is 36.4 Å². The molecule has 0 saturated heterocycles. The highest BCUT2D eigenvalue weighted by Crippen LogP contribution is 2.34. The summed E-state index contributed by atoms with van der Waals surface area (Å²) in [7, 11) is 5.34. The first kappa shape index (κ1) is 18.6. The molecule has 8 nitrogen and oxygen atoms in total.